The second-order valence-electron chi connectivity index (χ2n) is 3.41. The van der Waals surface area contributed by atoms with Gasteiger partial charge in [-0.15, -0.1) is 6.58 Å². The lowest BCUT2D eigenvalue weighted by Gasteiger charge is -2.07. The van der Waals surface area contributed by atoms with Crippen LogP contribution in [0, 0.1) is 0 Å². The second-order valence-corrected chi connectivity index (χ2v) is 3.41. The van der Waals surface area contributed by atoms with Crippen molar-refractivity contribution in [2.75, 3.05) is 6.54 Å². The summed E-state index contributed by atoms with van der Waals surface area (Å²) in [6.45, 7) is 9.11. The third kappa shape index (κ3) is 9.35. The van der Waals surface area contributed by atoms with Gasteiger partial charge < -0.3 is 5.32 Å². The fourth-order valence-corrected chi connectivity index (χ4v) is 0.995. The van der Waals surface area contributed by atoms with Gasteiger partial charge in [-0.25, -0.2) is 0 Å². The summed E-state index contributed by atoms with van der Waals surface area (Å²) in [6, 6.07) is 0.637. The van der Waals surface area contributed by atoms with E-state index in [-0.39, 0.29) is 0 Å². The molecule has 0 saturated carbocycles. The van der Waals surface area contributed by atoms with Gasteiger partial charge in [-0.05, 0) is 32.6 Å². The molecule has 0 fully saturated rings. The Kier molecular flexibility index (Phi) is 9.12. The maximum atomic E-state index is 3.69. The van der Waals surface area contributed by atoms with Gasteiger partial charge in [0.15, 0.2) is 0 Å². The lowest BCUT2D eigenvalue weighted by Crippen LogP contribution is -2.24. The number of rotatable bonds is 8. The summed E-state index contributed by atoms with van der Waals surface area (Å²) in [4.78, 5) is 0. The summed E-state index contributed by atoms with van der Waals surface area (Å²) >= 11 is 0. The van der Waals surface area contributed by atoms with Gasteiger partial charge in [0.2, 0.25) is 0 Å². The number of unbranched alkanes of at least 4 members (excludes halogenated alkanes) is 2. The van der Waals surface area contributed by atoms with Crippen molar-refractivity contribution in [3.63, 3.8) is 0 Å². The van der Waals surface area contributed by atoms with Gasteiger partial charge >= 0.3 is 0 Å². The van der Waals surface area contributed by atoms with Gasteiger partial charge in [0.05, 0.1) is 0 Å². The van der Waals surface area contributed by atoms with Gasteiger partial charge in [-0.2, -0.15) is 0 Å². The summed E-state index contributed by atoms with van der Waals surface area (Å²) in [7, 11) is 0. The van der Waals surface area contributed by atoms with E-state index in [9.17, 15) is 0 Å². The molecule has 0 aliphatic carbocycles. The van der Waals surface area contributed by atoms with Crippen LogP contribution in [0.25, 0.3) is 0 Å². The molecule has 0 aromatic carbocycles. The Morgan fingerprint density at radius 1 is 1.31 bits per heavy atom. The molecule has 1 nitrogen and oxygen atoms in total. The first-order valence-electron chi connectivity index (χ1n) is 5.30. The van der Waals surface area contributed by atoms with Crippen LogP contribution in [0.4, 0.5) is 0 Å². The van der Waals surface area contributed by atoms with Crippen molar-refractivity contribution >= 4 is 0 Å². The average Bonchev–Trinajstić information content (AvgIpc) is 2.16. The Labute approximate surface area is 82.9 Å². The van der Waals surface area contributed by atoms with E-state index in [1.165, 1.54) is 19.3 Å². The molecule has 1 N–H and O–H groups in total. The van der Waals surface area contributed by atoms with Crippen LogP contribution in [0.3, 0.4) is 0 Å². The highest BCUT2D eigenvalue weighted by molar-refractivity contribution is 4.85. The maximum absolute atomic E-state index is 3.69. The van der Waals surface area contributed by atoms with Crippen LogP contribution in [-0.2, 0) is 0 Å². The SMILES string of the molecule is C=CCCC/C=C/CN[C@@H](C)CC. The molecule has 1 atom stereocenters. The molecule has 0 radical (unpaired) electrons. The summed E-state index contributed by atoms with van der Waals surface area (Å²) in [5.74, 6) is 0. The van der Waals surface area contributed by atoms with E-state index in [2.05, 4.69) is 37.9 Å². The van der Waals surface area contributed by atoms with Crippen LogP contribution in [0.2, 0.25) is 0 Å². The van der Waals surface area contributed by atoms with Crippen molar-refractivity contribution in [2.45, 2.75) is 45.6 Å². The van der Waals surface area contributed by atoms with E-state index < -0.39 is 0 Å². The Morgan fingerprint density at radius 2 is 2.08 bits per heavy atom. The molecule has 0 aliphatic rings. The molecule has 0 spiro atoms. The van der Waals surface area contributed by atoms with E-state index in [4.69, 9.17) is 0 Å². The van der Waals surface area contributed by atoms with Gasteiger partial charge in [0, 0.05) is 12.6 Å². The number of hydrogen-bond donors (Lipinski definition) is 1. The van der Waals surface area contributed by atoms with E-state index in [0.717, 1.165) is 13.0 Å². The fraction of sp³-hybridized carbons (Fsp3) is 0.667. The van der Waals surface area contributed by atoms with Crippen molar-refractivity contribution in [1.29, 1.82) is 0 Å². The molecule has 76 valence electrons. The number of hydrogen-bond acceptors (Lipinski definition) is 1. The highest BCUT2D eigenvalue weighted by atomic mass is 14.9. The van der Waals surface area contributed by atoms with E-state index >= 15 is 0 Å². The molecular formula is C12H23N. The maximum Gasteiger partial charge on any atom is 0.0137 e. The zero-order valence-electron chi connectivity index (χ0n) is 9.05. The molecule has 0 rings (SSSR count). The van der Waals surface area contributed by atoms with Crippen LogP contribution in [-0.4, -0.2) is 12.6 Å². The first kappa shape index (κ1) is 12.4. The normalized spacial score (nSPS) is 13.4. The Hall–Kier alpha value is -0.560. The third-order valence-electron chi connectivity index (χ3n) is 2.14. The number of allylic oxidation sites excluding steroid dienone is 2. The molecule has 0 aromatic heterocycles. The summed E-state index contributed by atoms with van der Waals surface area (Å²) in [5.41, 5.74) is 0. The van der Waals surface area contributed by atoms with Gasteiger partial charge in [-0.3, -0.25) is 0 Å². The summed E-state index contributed by atoms with van der Waals surface area (Å²) in [6.07, 6.45) is 11.2. The quantitative estimate of drug-likeness (QED) is 0.447. The molecule has 13 heavy (non-hydrogen) atoms. The molecule has 0 aliphatic heterocycles. The number of nitrogens with one attached hydrogen (secondary N) is 1. The van der Waals surface area contributed by atoms with Crippen LogP contribution >= 0.6 is 0 Å². The average molecular weight is 181 g/mol. The van der Waals surface area contributed by atoms with Crippen LogP contribution in [0.15, 0.2) is 24.8 Å². The Bertz CT molecular complexity index is 138. The molecule has 0 saturated heterocycles. The zero-order chi connectivity index (χ0) is 9.94. The van der Waals surface area contributed by atoms with Crippen molar-refractivity contribution in [2.24, 2.45) is 0 Å². The molecule has 1 heteroatoms. The first-order valence-corrected chi connectivity index (χ1v) is 5.30. The molecule has 0 unspecified atom stereocenters. The topological polar surface area (TPSA) is 12.0 Å². The van der Waals surface area contributed by atoms with Crippen LogP contribution in [0.5, 0.6) is 0 Å². The summed E-state index contributed by atoms with van der Waals surface area (Å²) in [5, 5.41) is 3.42. The Balaban J connectivity index is 3.16. The van der Waals surface area contributed by atoms with E-state index in [1.807, 2.05) is 6.08 Å². The monoisotopic (exact) mass is 181 g/mol. The van der Waals surface area contributed by atoms with Crippen LogP contribution < -0.4 is 5.32 Å². The molecular weight excluding hydrogens is 158 g/mol. The van der Waals surface area contributed by atoms with E-state index in [1.54, 1.807) is 0 Å². The molecule has 0 bridgehead atoms. The molecule has 0 aromatic rings. The lowest BCUT2D eigenvalue weighted by atomic mass is 10.2. The molecule has 0 heterocycles. The third-order valence-corrected chi connectivity index (χ3v) is 2.14. The van der Waals surface area contributed by atoms with Gasteiger partial charge in [0.25, 0.3) is 0 Å². The standard InChI is InChI=1S/C12H23N/c1-4-6-7-8-9-10-11-13-12(3)5-2/h4,9-10,12-13H,1,5-8,11H2,2-3H3/b10-9+/t12-/m0/s1. The fourth-order valence-electron chi connectivity index (χ4n) is 0.995. The highest BCUT2D eigenvalue weighted by Crippen LogP contribution is 1.96. The smallest absolute Gasteiger partial charge is 0.0137 e. The summed E-state index contributed by atoms with van der Waals surface area (Å²) < 4.78 is 0. The van der Waals surface area contributed by atoms with E-state index in [0.29, 0.717) is 6.04 Å². The highest BCUT2D eigenvalue weighted by Gasteiger charge is 1.92. The van der Waals surface area contributed by atoms with Crippen molar-refractivity contribution in [1.82, 2.24) is 5.32 Å². The van der Waals surface area contributed by atoms with Gasteiger partial charge in [0.1, 0.15) is 0 Å². The zero-order valence-corrected chi connectivity index (χ0v) is 9.05. The minimum Gasteiger partial charge on any atom is -0.311 e. The first-order chi connectivity index (χ1) is 6.31. The minimum atomic E-state index is 0.637. The lowest BCUT2D eigenvalue weighted by molar-refractivity contribution is 0.567. The Morgan fingerprint density at radius 3 is 2.69 bits per heavy atom. The van der Waals surface area contributed by atoms with Crippen molar-refractivity contribution < 1.29 is 0 Å². The second kappa shape index (κ2) is 9.53. The van der Waals surface area contributed by atoms with Crippen LogP contribution in [0.1, 0.15) is 39.5 Å². The largest absolute Gasteiger partial charge is 0.311 e. The predicted octanol–water partition coefficient (Wildman–Crippen LogP) is 3.29. The van der Waals surface area contributed by atoms with Gasteiger partial charge in [-0.1, -0.05) is 25.2 Å². The van der Waals surface area contributed by atoms with Crippen molar-refractivity contribution in [3.05, 3.63) is 24.8 Å². The minimum absolute atomic E-state index is 0.637. The predicted molar refractivity (Wildman–Crippen MR) is 60.9 cm³/mol. The van der Waals surface area contributed by atoms with Crippen molar-refractivity contribution in [3.8, 4) is 0 Å². The molecule has 0 amide bonds.